The Kier molecular flexibility index (Phi) is 5.51. The molecule has 3 aromatic rings. The highest BCUT2D eigenvalue weighted by Crippen LogP contribution is 2.25. The first-order valence-electron chi connectivity index (χ1n) is 9.00. The summed E-state index contributed by atoms with van der Waals surface area (Å²) in [5.74, 6) is 0.392. The molecule has 27 heavy (non-hydrogen) atoms. The highest BCUT2D eigenvalue weighted by Gasteiger charge is 2.19. The number of Topliss-reactive ketones (excluding diaryl/α,β-unsaturated/α-hetero) is 1. The highest BCUT2D eigenvalue weighted by molar-refractivity contribution is 7.99. The van der Waals surface area contributed by atoms with E-state index in [2.05, 4.69) is 46.9 Å². The molecular formula is C20H25N5OS. The van der Waals surface area contributed by atoms with Gasteiger partial charge >= 0.3 is 0 Å². The van der Waals surface area contributed by atoms with Crippen LogP contribution in [0.3, 0.4) is 0 Å². The molecule has 7 heteroatoms. The number of hydrogen-bond acceptors (Lipinski definition) is 5. The summed E-state index contributed by atoms with van der Waals surface area (Å²) in [7, 11) is 0. The second kappa shape index (κ2) is 7.68. The number of ketones is 1. The molecule has 2 heterocycles. The molecule has 3 rings (SSSR count). The van der Waals surface area contributed by atoms with Crippen LogP contribution in [0.25, 0.3) is 5.69 Å². The van der Waals surface area contributed by atoms with Crippen LogP contribution in [0.15, 0.2) is 29.4 Å². The van der Waals surface area contributed by atoms with E-state index in [4.69, 9.17) is 0 Å². The van der Waals surface area contributed by atoms with Crippen LogP contribution < -0.4 is 0 Å². The summed E-state index contributed by atoms with van der Waals surface area (Å²) in [4.78, 5) is 12.8. The monoisotopic (exact) mass is 383 g/mol. The van der Waals surface area contributed by atoms with Crippen molar-refractivity contribution in [2.75, 3.05) is 5.75 Å². The van der Waals surface area contributed by atoms with Gasteiger partial charge in [-0.15, -0.1) is 5.10 Å². The molecule has 0 aliphatic carbocycles. The lowest BCUT2D eigenvalue weighted by molar-refractivity contribution is 0.102. The zero-order valence-corrected chi connectivity index (χ0v) is 17.5. The summed E-state index contributed by atoms with van der Waals surface area (Å²) in [5.41, 5.74) is 6.11. The van der Waals surface area contributed by atoms with Crippen molar-refractivity contribution in [3.63, 3.8) is 0 Å². The van der Waals surface area contributed by atoms with Crippen LogP contribution in [-0.4, -0.2) is 36.3 Å². The van der Waals surface area contributed by atoms with Gasteiger partial charge in [0.15, 0.2) is 5.78 Å². The van der Waals surface area contributed by atoms with E-state index in [-0.39, 0.29) is 5.78 Å². The second-order valence-electron chi connectivity index (χ2n) is 7.12. The topological polar surface area (TPSA) is 65.6 Å². The fourth-order valence-electron chi connectivity index (χ4n) is 3.52. The molecule has 0 saturated heterocycles. The number of aromatic nitrogens is 5. The van der Waals surface area contributed by atoms with Crippen LogP contribution in [0.4, 0.5) is 0 Å². The van der Waals surface area contributed by atoms with Crippen LogP contribution in [0.1, 0.15) is 52.8 Å². The molecule has 2 aromatic heterocycles. The SMILES string of the molecule is Cc1ccc(-n2nnnc2SCC(=O)c2cc(C)n(C(C)C)c2C)c(C)c1. The van der Waals surface area contributed by atoms with Gasteiger partial charge < -0.3 is 4.57 Å². The Labute approximate surface area is 164 Å². The fourth-order valence-corrected chi connectivity index (χ4v) is 4.29. The Balaban J connectivity index is 1.80. The van der Waals surface area contributed by atoms with Crippen molar-refractivity contribution in [2.45, 2.75) is 52.7 Å². The van der Waals surface area contributed by atoms with E-state index in [0.717, 1.165) is 28.2 Å². The molecular weight excluding hydrogens is 358 g/mol. The molecule has 0 fully saturated rings. The Hall–Kier alpha value is -2.41. The van der Waals surface area contributed by atoms with Crippen molar-refractivity contribution < 1.29 is 4.79 Å². The lowest BCUT2D eigenvalue weighted by atomic mass is 10.1. The van der Waals surface area contributed by atoms with E-state index >= 15 is 0 Å². The largest absolute Gasteiger partial charge is 0.346 e. The predicted octanol–water partition coefficient (Wildman–Crippen LogP) is 4.25. The first-order valence-corrected chi connectivity index (χ1v) is 9.98. The molecule has 0 aliphatic rings. The Morgan fingerprint density at radius 1 is 1.15 bits per heavy atom. The van der Waals surface area contributed by atoms with Crippen LogP contribution >= 0.6 is 11.8 Å². The van der Waals surface area contributed by atoms with Gasteiger partial charge in [0.25, 0.3) is 0 Å². The fraction of sp³-hybridized carbons (Fsp3) is 0.400. The van der Waals surface area contributed by atoms with Crippen LogP contribution in [0, 0.1) is 27.7 Å². The summed E-state index contributed by atoms with van der Waals surface area (Å²) in [5, 5.41) is 12.6. The molecule has 0 spiro atoms. The second-order valence-corrected chi connectivity index (χ2v) is 8.07. The van der Waals surface area contributed by atoms with Crippen molar-refractivity contribution in [1.82, 2.24) is 24.8 Å². The molecule has 6 nitrogen and oxygen atoms in total. The molecule has 142 valence electrons. The van der Waals surface area contributed by atoms with Gasteiger partial charge in [0.2, 0.25) is 5.16 Å². The van der Waals surface area contributed by atoms with E-state index < -0.39 is 0 Å². The van der Waals surface area contributed by atoms with Gasteiger partial charge in [-0.05, 0) is 69.7 Å². The first-order chi connectivity index (χ1) is 12.8. The van der Waals surface area contributed by atoms with Gasteiger partial charge in [-0.2, -0.15) is 4.68 Å². The van der Waals surface area contributed by atoms with Crippen LogP contribution in [0.2, 0.25) is 0 Å². The van der Waals surface area contributed by atoms with Crippen molar-refractivity contribution in [3.8, 4) is 5.69 Å². The van der Waals surface area contributed by atoms with E-state index in [1.54, 1.807) is 4.68 Å². The lowest BCUT2D eigenvalue weighted by Gasteiger charge is -2.13. The summed E-state index contributed by atoms with van der Waals surface area (Å²) in [6, 6.07) is 8.44. The molecule has 1 aromatic carbocycles. The molecule has 0 aliphatic heterocycles. The molecule has 0 unspecified atom stereocenters. The number of hydrogen-bond donors (Lipinski definition) is 0. The number of carbonyl (C=O) groups is 1. The Morgan fingerprint density at radius 2 is 1.89 bits per heavy atom. The minimum atomic E-state index is 0.0928. The molecule has 0 amide bonds. The first kappa shape index (κ1) is 19.4. The van der Waals surface area contributed by atoms with E-state index in [1.807, 2.05) is 39.0 Å². The number of carbonyl (C=O) groups excluding carboxylic acids is 1. The summed E-state index contributed by atoms with van der Waals surface area (Å²) in [6.45, 7) is 12.4. The summed E-state index contributed by atoms with van der Waals surface area (Å²) in [6.07, 6.45) is 0. The maximum absolute atomic E-state index is 12.8. The van der Waals surface area contributed by atoms with Gasteiger partial charge in [-0.3, -0.25) is 4.79 Å². The third-order valence-electron chi connectivity index (χ3n) is 4.65. The number of rotatable bonds is 6. The number of benzene rings is 1. The normalized spacial score (nSPS) is 11.4. The van der Waals surface area contributed by atoms with Crippen molar-refractivity contribution in [1.29, 1.82) is 0 Å². The zero-order chi connectivity index (χ0) is 19.7. The Morgan fingerprint density at radius 3 is 2.52 bits per heavy atom. The van der Waals surface area contributed by atoms with E-state index in [9.17, 15) is 4.79 Å². The van der Waals surface area contributed by atoms with Crippen LogP contribution in [-0.2, 0) is 0 Å². The van der Waals surface area contributed by atoms with Gasteiger partial charge in [0, 0.05) is 23.0 Å². The quantitative estimate of drug-likeness (QED) is 0.470. The van der Waals surface area contributed by atoms with E-state index in [1.165, 1.54) is 17.3 Å². The highest BCUT2D eigenvalue weighted by atomic mass is 32.2. The third-order valence-corrected chi connectivity index (χ3v) is 5.57. The number of nitrogens with zero attached hydrogens (tertiary/aromatic N) is 5. The maximum Gasteiger partial charge on any atom is 0.214 e. The van der Waals surface area contributed by atoms with Crippen LogP contribution in [0.5, 0.6) is 0 Å². The standard InChI is InChI=1S/C20H25N5OS/c1-12(2)24-15(5)10-17(16(24)6)19(26)11-27-20-21-22-23-25(20)18-8-7-13(3)9-14(18)4/h7-10,12H,11H2,1-6H3. The van der Waals surface area contributed by atoms with Crippen molar-refractivity contribution in [3.05, 3.63) is 52.3 Å². The van der Waals surface area contributed by atoms with Gasteiger partial charge in [0.1, 0.15) is 0 Å². The third kappa shape index (κ3) is 3.83. The molecule has 0 saturated carbocycles. The number of tetrazole rings is 1. The minimum Gasteiger partial charge on any atom is -0.346 e. The van der Waals surface area contributed by atoms with Gasteiger partial charge in [-0.25, -0.2) is 0 Å². The van der Waals surface area contributed by atoms with Crippen molar-refractivity contribution >= 4 is 17.5 Å². The maximum atomic E-state index is 12.8. The molecule has 0 N–H and O–H groups in total. The smallest absolute Gasteiger partial charge is 0.214 e. The van der Waals surface area contributed by atoms with Gasteiger partial charge in [0.05, 0.1) is 11.4 Å². The molecule has 0 atom stereocenters. The average Bonchev–Trinajstić information content (AvgIpc) is 3.16. The number of aryl methyl sites for hydroxylation is 3. The minimum absolute atomic E-state index is 0.0928. The Bertz CT molecular complexity index is 986. The lowest BCUT2D eigenvalue weighted by Crippen LogP contribution is -2.09. The number of thioether (sulfide) groups is 1. The predicted molar refractivity (Wildman–Crippen MR) is 108 cm³/mol. The summed E-state index contributed by atoms with van der Waals surface area (Å²) >= 11 is 1.36. The van der Waals surface area contributed by atoms with Gasteiger partial charge in [-0.1, -0.05) is 29.5 Å². The molecule has 0 radical (unpaired) electrons. The zero-order valence-electron chi connectivity index (χ0n) is 16.6. The molecule has 0 bridgehead atoms. The summed E-state index contributed by atoms with van der Waals surface area (Å²) < 4.78 is 3.89. The van der Waals surface area contributed by atoms with E-state index in [0.29, 0.717) is 17.0 Å². The average molecular weight is 384 g/mol. The van der Waals surface area contributed by atoms with Crippen molar-refractivity contribution in [2.24, 2.45) is 0 Å².